The number of benzene rings is 2. The van der Waals surface area contributed by atoms with Gasteiger partial charge in [-0.05, 0) is 22.9 Å². The largest absolute Gasteiger partial charge is 0.504 e. The van der Waals surface area contributed by atoms with E-state index in [1.54, 1.807) is 12.1 Å². The van der Waals surface area contributed by atoms with Crippen molar-refractivity contribution in [2.75, 3.05) is 7.11 Å². The van der Waals surface area contributed by atoms with Gasteiger partial charge in [-0.3, -0.25) is 0 Å². The van der Waals surface area contributed by atoms with E-state index in [-0.39, 0.29) is 5.75 Å². The molecule has 0 saturated carbocycles. The Morgan fingerprint density at radius 2 is 1.77 bits per heavy atom. The van der Waals surface area contributed by atoms with Gasteiger partial charge in [0, 0.05) is 12.5 Å². The van der Waals surface area contributed by atoms with Crippen molar-refractivity contribution in [1.82, 2.24) is 4.98 Å². The number of aromatic hydroxyl groups is 1. The SMILES string of the molecule is COc1cc(-c2[nH]c(-c3ccccc3)c(C)[n+]2O)ccc1O. The third-order valence-electron chi connectivity index (χ3n) is 3.65. The molecule has 2 aromatic carbocycles. The van der Waals surface area contributed by atoms with E-state index in [4.69, 9.17) is 4.74 Å². The van der Waals surface area contributed by atoms with E-state index in [0.717, 1.165) is 16.0 Å². The smallest absolute Gasteiger partial charge is 0.326 e. The maximum Gasteiger partial charge on any atom is 0.326 e. The van der Waals surface area contributed by atoms with Crippen LogP contribution in [0.3, 0.4) is 0 Å². The van der Waals surface area contributed by atoms with Gasteiger partial charge in [-0.2, -0.15) is 0 Å². The minimum atomic E-state index is 0.0577. The molecule has 0 aliphatic heterocycles. The number of phenols is 1. The average molecular weight is 297 g/mol. The van der Waals surface area contributed by atoms with Crippen LogP contribution in [0, 0.1) is 6.92 Å². The predicted octanol–water partition coefficient (Wildman–Crippen LogP) is 2.90. The number of aromatic amines is 1. The van der Waals surface area contributed by atoms with Gasteiger partial charge in [0.2, 0.25) is 0 Å². The van der Waals surface area contributed by atoms with E-state index < -0.39 is 0 Å². The Hall–Kier alpha value is -2.95. The van der Waals surface area contributed by atoms with Gasteiger partial charge in [-0.25, -0.2) is 4.98 Å². The highest BCUT2D eigenvalue weighted by Gasteiger charge is 2.24. The maximum atomic E-state index is 10.3. The molecule has 22 heavy (non-hydrogen) atoms. The van der Waals surface area contributed by atoms with Crippen molar-refractivity contribution in [3.05, 3.63) is 54.2 Å². The van der Waals surface area contributed by atoms with Crippen molar-refractivity contribution < 1.29 is 19.8 Å². The molecule has 112 valence electrons. The third-order valence-corrected chi connectivity index (χ3v) is 3.65. The summed E-state index contributed by atoms with van der Waals surface area (Å²) in [5, 5.41) is 20.0. The molecule has 0 fully saturated rings. The predicted molar refractivity (Wildman–Crippen MR) is 82.0 cm³/mol. The van der Waals surface area contributed by atoms with Crippen LogP contribution >= 0.6 is 0 Å². The molecule has 3 aromatic rings. The first-order valence-corrected chi connectivity index (χ1v) is 6.88. The van der Waals surface area contributed by atoms with E-state index in [9.17, 15) is 10.3 Å². The molecule has 1 heterocycles. The van der Waals surface area contributed by atoms with Crippen LogP contribution in [0.25, 0.3) is 22.6 Å². The molecule has 1 aromatic heterocycles. The quantitative estimate of drug-likeness (QED) is 0.514. The fourth-order valence-corrected chi connectivity index (χ4v) is 2.44. The van der Waals surface area contributed by atoms with Gasteiger partial charge in [-0.1, -0.05) is 30.3 Å². The van der Waals surface area contributed by atoms with E-state index >= 15 is 0 Å². The van der Waals surface area contributed by atoms with Crippen LogP contribution in [-0.4, -0.2) is 22.4 Å². The second kappa shape index (κ2) is 5.44. The molecule has 3 N–H and O–H groups in total. The Balaban J connectivity index is 2.13. The van der Waals surface area contributed by atoms with Crippen LogP contribution in [0.1, 0.15) is 5.69 Å². The molecule has 0 bridgehead atoms. The van der Waals surface area contributed by atoms with Gasteiger partial charge in [0.25, 0.3) is 0 Å². The first-order chi connectivity index (χ1) is 10.6. The molecule has 5 heteroatoms. The summed E-state index contributed by atoms with van der Waals surface area (Å²) in [5.41, 5.74) is 3.24. The van der Waals surface area contributed by atoms with E-state index in [2.05, 4.69) is 4.98 Å². The van der Waals surface area contributed by atoms with Crippen LogP contribution < -0.4 is 9.47 Å². The average Bonchev–Trinajstić information content (AvgIpc) is 2.85. The molecule has 0 unspecified atom stereocenters. The lowest BCUT2D eigenvalue weighted by atomic mass is 10.1. The van der Waals surface area contributed by atoms with Gasteiger partial charge < -0.3 is 15.1 Å². The van der Waals surface area contributed by atoms with Crippen molar-refractivity contribution >= 4 is 0 Å². The highest BCUT2D eigenvalue weighted by molar-refractivity contribution is 5.66. The van der Waals surface area contributed by atoms with Gasteiger partial charge >= 0.3 is 5.82 Å². The van der Waals surface area contributed by atoms with E-state index in [1.165, 1.54) is 13.2 Å². The lowest BCUT2D eigenvalue weighted by Gasteiger charge is -2.03. The van der Waals surface area contributed by atoms with Crippen molar-refractivity contribution in [2.24, 2.45) is 0 Å². The molecule has 0 atom stereocenters. The molecule has 5 nitrogen and oxygen atoms in total. The van der Waals surface area contributed by atoms with Crippen LogP contribution in [0.2, 0.25) is 0 Å². The van der Waals surface area contributed by atoms with E-state index in [1.807, 2.05) is 37.3 Å². The topological polar surface area (TPSA) is 69.4 Å². The van der Waals surface area contributed by atoms with Gasteiger partial charge in [0.15, 0.2) is 22.9 Å². The number of hydrogen-bond acceptors (Lipinski definition) is 3. The molecule has 0 radical (unpaired) electrons. The molecular formula is C17H17N2O3+. The minimum absolute atomic E-state index is 0.0577. The van der Waals surface area contributed by atoms with Gasteiger partial charge in [0.05, 0.1) is 12.7 Å². The summed E-state index contributed by atoms with van der Waals surface area (Å²) in [7, 11) is 1.49. The van der Waals surface area contributed by atoms with Crippen LogP contribution in [-0.2, 0) is 0 Å². The fourth-order valence-electron chi connectivity index (χ4n) is 2.44. The standard InChI is InChI=1S/C17H16N2O3/c1-11-16(12-6-4-3-5-7-12)18-17(19(11)21)13-8-9-14(20)15(10-13)22-2/h3-10,21H,1-2H3,(H,18,20)/p+1. The zero-order valence-corrected chi connectivity index (χ0v) is 12.4. The number of phenolic OH excluding ortho intramolecular Hbond substituents is 1. The van der Waals surface area contributed by atoms with Gasteiger partial charge in [0.1, 0.15) is 0 Å². The summed E-state index contributed by atoms with van der Waals surface area (Å²) in [5.74, 6) is 0.933. The second-order valence-corrected chi connectivity index (χ2v) is 5.00. The number of hydrogen-bond donors (Lipinski definition) is 3. The number of imidazole rings is 1. The number of nitrogens with one attached hydrogen (secondary N) is 1. The summed E-state index contributed by atoms with van der Waals surface area (Å²) in [4.78, 5) is 3.23. The number of methoxy groups -OCH3 is 1. The fraction of sp³-hybridized carbons (Fsp3) is 0.118. The number of nitrogens with zero attached hydrogens (tertiary/aromatic N) is 1. The zero-order chi connectivity index (χ0) is 15.7. The Morgan fingerprint density at radius 3 is 2.45 bits per heavy atom. The number of H-pyrrole nitrogens is 1. The Labute approximate surface area is 128 Å². The van der Waals surface area contributed by atoms with E-state index in [0.29, 0.717) is 22.8 Å². The van der Waals surface area contributed by atoms with Crippen LogP contribution in [0.5, 0.6) is 11.5 Å². The van der Waals surface area contributed by atoms with Crippen LogP contribution in [0.4, 0.5) is 0 Å². The van der Waals surface area contributed by atoms with Crippen LogP contribution in [0.15, 0.2) is 48.5 Å². The Morgan fingerprint density at radius 1 is 1.05 bits per heavy atom. The lowest BCUT2D eigenvalue weighted by molar-refractivity contribution is -0.899. The Kier molecular flexibility index (Phi) is 3.47. The third kappa shape index (κ3) is 2.26. The Bertz CT molecular complexity index is 810. The molecule has 3 rings (SSSR count). The summed E-state index contributed by atoms with van der Waals surface area (Å²) >= 11 is 0. The molecule has 0 aliphatic carbocycles. The summed E-state index contributed by atoms with van der Waals surface area (Å²) in [6, 6.07) is 14.7. The lowest BCUT2D eigenvalue weighted by Crippen LogP contribution is -2.33. The van der Waals surface area contributed by atoms with Crippen molar-refractivity contribution in [1.29, 1.82) is 0 Å². The number of aromatic nitrogens is 2. The summed E-state index contributed by atoms with van der Waals surface area (Å²) in [6.07, 6.45) is 0. The summed E-state index contributed by atoms with van der Waals surface area (Å²) < 4.78 is 6.22. The first-order valence-electron chi connectivity index (χ1n) is 6.88. The molecule has 0 amide bonds. The highest BCUT2D eigenvalue weighted by Crippen LogP contribution is 2.31. The minimum Gasteiger partial charge on any atom is -0.504 e. The van der Waals surface area contributed by atoms with Crippen molar-refractivity contribution in [3.63, 3.8) is 0 Å². The normalized spacial score (nSPS) is 10.6. The molecular weight excluding hydrogens is 280 g/mol. The van der Waals surface area contributed by atoms with Crippen molar-refractivity contribution in [3.8, 4) is 34.1 Å². The monoisotopic (exact) mass is 297 g/mol. The number of rotatable bonds is 3. The van der Waals surface area contributed by atoms with Gasteiger partial charge in [-0.15, -0.1) is 0 Å². The first kappa shape index (κ1) is 14.0. The molecule has 0 saturated heterocycles. The highest BCUT2D eigenvalue weighted by atomic mass is 16.5. The molecule has 0 spiro atoms. The maximum absolute atomic E-state index is 10.3. The second-order valence-electron chi connectivity index (χ2n) is 5.00. The molecule has 0 aliphatic rings. The zero-order valence-electron chi connectivity index (χ0n) is 12.4. The summed E-state index contributed by atoms with van der Waals surface area (Å²) in [6.45, 7) is 1.83. The van der Waals surface area contributed by atoms with Crippen molar-refractivity contribution in [2.45, 2.75) is 6.92 Å². The number of ether oxygens (including phenoxy) is 1.